The Balaban J connectivity index is 1.67. The average molecular weight is 536 g/mol. The highest BCUT2D eigenvalue weighted by molar-refractivity contribution is 7.22. The summed E-state index contributed by atoms with van der Waals surface area (Å²) in [5.74, 6) is -0.917. The number of thiazole rings is 1. The summed E-state index contributed by atoms with van der Waals surface area (Å²) in [6, 6.07) is 12.7. The number of pyridine rings is 1. The first-order valence-corrected chi connectivity index (χ1v) is 12.8. The Morgan fingerprint density at radius 1 is 1.11 bits per heavy atom. The Kier molecular flexibility index (Phi) is 6.82. The quantitative estimate of drug-likeness (QED) is 0.182. The molecule has 5 rings (SSSR count). The van der Waals surface area contributed by atoms with E-state index in [2.05, 4.69) is 9.97 Å². The van der Waals surface area contributed by atoms with Crippen LogP contribution in [0.3, 0.4) is 0 Å². The molecule has 0 radical (unpaired) electrons. The van der Waals surface area contributed by atoms with Crippen LogP contribution >= 0.6 is 22.9 Å². The second-order valence-corrected chi connectivity index (χ2v) is 9.51. The number of ether oxygens (including phenoxy) is 2. The topological polar surface area (TPSA) is 102 Å². The van der Waals surface area contributed by atoms with Gasteiger partial charge in [-0.25, -0.2) is 4.98 Å². The predicted octanol–water partition coefficient (Wildman–Crippen LogP) is 5.77. The third-order valence-electron chi connectivity index (χ3n) is 5.81. The lowest BCUT2D eigenvalue weighted by Crippen LogP contribution is -2.29. The summed E-state index contributed by atoms with van der Waals surface area (Å²) in [5, 5.41) is 12.0. The second kappa shape index (κ2) is 10.2. The van der Waals surface area contributed by atoms with Gasteiger partial charge in [-0.1, -0.05) is 29.0 Å². The molecule has 4 aromatic rings. The number of hydrogen-bond donors (Lipinski definition) is 1. The first kappa shape index (κ1) is 24.7. The molecule has 0 bridgehead atoms. The Hall–Kier alpha value is -3.95. The lowest BCUT2D eigenvalue weighted by Gasteiger charge is -2.22. The van der Waals surface area contributed by atoms with Crippen molar-refractivity contribution in [3.63, 3.8) is 0 Å². The third kappa shape index (κ3) is 4.52. The number of carbonyl (C=O) groups excluding carboxylic acids is 2. The minimum atomic E-state index is -0.938. The number of carbonyl (C=O) groups is 2. The molecule has 37 heavy (non-hydrogen) atoms. The van der Waals surface area contributed by atoms with Gasteiger partial charge in [-0.15, -0.1) is 0 Å². The molecular weight excluding hydrogens is 514 g/mol. The molecule has 1 aliphatic rings. The number of hydrogen-bond acceptors (Lipinski definition) is 8. The highest BCUT2D eigenvalue weighted by Crippen LogP contribution is 2.45. The fraction of sp³-hybridized carbons (Fsp3) is 0.185. The van der Waals surface area contributed by atoms with Gasteiger partial charge in [0.1, 0.15) is 17.3 Å². The SMILES string of the molecule is CCOc1ccc2nc(N3C(=O)C(=O)/C(=C(/O)c4ccc(Cl)c(OCC)c4)C3c3cccnc3)sc2c1. The Bertz CT molecular complexity index is 1540. The smallest absolute Gasteiger partial charge is 0.301 e. The number of ketones is 1. The molecule has 2 aromatic carbocycles. The Labute approximate surface area is 221 Å². The fourth-order valence-electron chi connectivity index (χ4n) is 4.21. The van der Waals surface area contributed by atoms with Crippen molar-refractivity contribution in [3.8, 4) is 11.5 Å². The van der Waals surface area contributed by atoms with E-state index in [1.807, 2.05) is 19.9 Å². The van der Waals surface area contributed by atoms with Gasteiger partial charge in [-0.05, 0) is 61.9 Å². The van der Waals surface area contributed by atoms with Crippen molar-refractivity contribution in [2.75, 3.05) is 18.1 Å². The van der Waals surface area contributed by atoms with Crippen LogP contribution in [0.4, 0.5) is 5.13 Å². The molecular formula is C27H22ClN3O5S. The van der Waals surface area contributed by atoms with Crippen LogP contribution in [-0.4, -0.2) is 40.0 Å². The lowest BCUT2D eigenvalue weighted by molar-refractivity contribution is -0.132. The number of aromatic nitrogens is 2. The number of nitrogens with zero attached hydrogens (tertiary/aromatic N) is 3. The monoisotopic (exact) mass is 535 g/mol. The molecule has 8 nitrogen and oxygen atoms in total. The van der Waals surface area contributed by atoms with E-state index >= 15 is 0 Å². The molecule has 0 spiro atoms. The number of halogens is 1. The van der Waals surface area contributed by atoms with E-state index in [1.54, 1.807) is 54.9 Å². The van der Waals surface area contributed by atoms with Crippen LogP contribution in [0.2, 0.25) is 5.02 Å². The average Bonchev–Trinajstić information content (AvgIpc) is 3.43. The van der Waals surface area contributed by atoms with Crippen LogP contribution < -0.4 is 14.4 Å². The number of benzene rings is 2. The predicted molar refractivity (Wildman–Crippen MR) is 142 cm³/mol. The van der Waals surface area contributed by atoms with Crippen molar-refractivity contribution in [1.82, 2.24) is 9.97 Å². The zero-order valence-electron chi connectivity index (χ0n) is 20.0. The Morgan fingerprint density at radius 2 is 1.92 bits per heavy atom. The van der Waals surface area contributed by atoms with E-state index in [-0.39, 0.29) is 11.3 Å². The van der Waals surface area contributed by atoms with E-state index in [0.29, 0.717) is 51.5 Å². The second-order valence-electron chi connectivity index (χ2n) is 8.09. The van der Waals surface area contributed by atoms with Gasteiger partial charge in [-0.2, -0.15) is 0 Å². The molecule has 3 heterocycles. The maximum atomic E-state index is 13.4. The minimum absolute atomic E-state index is 0.0722. The molecule has 2 aromatic heterocycles. The zero-order valence-corrected chi connectivity index (χ0v) is 21.5. The van der Waals surface area contributed by atoms with Crippen molar-refractivity contribution in [3.05, 3.63) is 82.6 Å². The summed E-state index contributed by atoms with van der Waals surface area (Å²) in [6.07, 6.45) is 3.15. The maximum absolute atomic E-state index is 13.4. The van der Waals surface area contributed by atoms with Crippen LogP contribution in [0.5, 0.6) is 11.5 Å². The van der Waals surface area contributed by atoms with Gasteiger partial charge in [0.2, 0.25) is 0 Å². The highest BCUT2D eigenvalue weighted by atomic mass is 35.5. The van der Waals surface area contributed by atoms with Crippen LogP contribution in [-0.2, 0) is 9.59 Å². The highest BCUT2D eigenvalue weighted by Gasteiger charge is 2.48. The zero-order chi connectivity index (χ0) is 26.1. The summed E-state index contributed by atoms with van der Waals surface area (Å²) < 4.78 is 11.9. The number of anilines is 1. The van der Waals surface area contributed by atoms with Crippen molar-refractivity contribution in [2.45, 2.75) is 19.9 Å². The fourth-order valence-corrected chi connectivity index (χ4v) is 5.40. The van der Waals surface area contributed by atoms with Crippen molar-refractivity contribution >= 4 is 55.7 Å². The molecule has 1 N–H and O–H groups in total. The normalized spacial score (nSPS) is 16.9. The molecule has 1 fully saturated rings. The van der Waals surface area contributed by atoms with Gasteiger partial charge in [0.25, 0.3) is 5.78 Å². The van der Waals surface area contributed by atoms with Gasteiger partial charge in [0.15, 0.2) is 5.13 Å². The van der Waals surface area contributed by atoms with Crippen LogP contribution in [0.25, 0.3) is 16.0 Å². The molecule has 1 atom stereocenters. The van der Waals surface area contributed by atoms with Gasteiger partial charge in [-0.3, -0.25) is 19.5 Å². The number of fused-ring (bicyclic) bond motifs is 1. The summed E-state index contributed by atoms with van der Waals surface area (Å²) in [5.41, 5.74) is 1.44. The summed E-state index contributed by atoms with van der Waals surface area (Å²) in [7, 11) is 0. The van der Waals surface area contributed by atoms with E-state index in [4.69, 9.17) is 21.1 Å². The van der Waals surface area contributed by atoms with E-state index in [9.17, 15) is 14.7 Å². The van der Waals surface area contributed by atoms with E-state index in [1.165, 1.54) is 16.2 Å². The van der Waals surface area contributed by atoms with Crippen LogP contribution in [0.1, 0.15) is 31.0 Å². The lowest BCUT2D eigenvalue weighted by atomic mass is 9.96. The molecule has 1 amide bonds. The molecule has 0 aliphatic carbocycles. The van der Waals surface area contributed by atoms with Crippen molar-refractivity contribution < 1.29 is 24.2 Å². The van der Waals surface area contributed by atoms with Gasteiger partial charge in [0, 0.05) is 18.0 Å². The first-order chi connectivity index (χ1) is 17.9. The van der Waals surface area contributed by atoms with Crippen molar-refractivity contribution in [1.29, 1.82) is 0 Å². The van der Waals surface area contributed by atoms with Crippen LogP contribution in [0, 0.1) is 0 Å². The number of Topliss-reactive ketones (excluding diaryl/α,β-unsaturated/α-hetero) is 1. The largest absolute Gasteiger partial charge is 0.507 e. The van der Waals surface area contributed by atoms with Gasteiger partial charge < -0.3 is 14.6 Å². The first-order valence-electron chi connectivity index (χ1n) is 11.6. The van der Waals surface area contributed by atoms with Gasteiger partial charge >= 0.3 is 5.91 Å². The van der Waals surface area contributed by atoms with E-state index < -0.39 is 17.7 Å². The number of rotatable bonds is 7. The minimum Gasteiger partial charge on any atom is -0.507 e. The summed E-state index contributed by atoms with van der Waals surface area (Å²) in [6.45, 7) is 4.59. The molecule has 1 saturated heterocycles. The number of aliphatic hydroxyl groups excluding tert-OH is 1. The van der Waals surface area contributed by atoms with Crippen molar-refractivity contribution in [2.24, 2.45) is 0 Å². The van der Waals surface area contributed by atoms with Crippen LogP contribution in [0.15, 0.2) is 66.5 Å². The molecule has 1 aliphatic heterocycles. The standard InChI is InChI=1S/C27H22ClN3O5S/c1-3-35-17-8-10-19-21(13-17)37-27(30-19)31-23(16-6-5-11-29-14-16)22(25(33)26(31)34)24(32)15-7-9-18(28)20(12-15)36-4-2/h5-14,23,32H,3-4H2,1-2H3/b24-22+. The van der Waals surface area contributed by atoms with Gasteiger partial charge in [0.05, 0.1) is 40.1 Å². The molecule has 10 heteroatoms. The Morgan fingerprint density at radius 3 is 2.65 bits per heavy atom. The number of amides is 1. The molecule has 188 valence electrons. The third-order valence-corrected chi connectivity index (χ3v) is 7.14. The summed E-state index contributed by atoms with van der Waals surface area (Å²) in [4.78, 5) is 36.9. The number of aliphatic hydroxyl groups is 1. The molecule has 0 saturated carbocycles. The molecule has 1 unspecified atom stereocenters. The maximum Gasteiger partial charge on any atom is 0.301 e. The van der Waals surface area contributed by atoms with E-state index in [0.717, 1.165) is 4.70 Å². The summed E-state index contributed by atoms with van der Waals surface area (Å²) >= 11 is 7.47.